The van der Waals surface area contributed by atoms with Gasteiger partial charge in [0.15, 0.2) is 0 Å². The number of carbonyl (C=O) groups is 1. The van der Waals surface area contributed by atoms with Crippen LogP contribution in [0, 0.1) is 0 Å². The highest BCUT2D eigenvalue weighted by Gasteiger charge is 2.17. The van der Waals surface area contributed by atoms with Crippen molar-refractivity contribution in [1.29, 1.82) is 0 Å². The Hall–Kier alpha value is -2.94. The van der Waals surface area contributed by atoms with Crippen LogP contribution in [0.15, 0.2) is 85.2 Å². The van der Waals surface area contributed by atoms with Gasteiger partial charge in [-0.2, -0.15) is 0 Å². The Kier molecular flexibility index (Phi) is 4.25. The third kappa shape index (κ3) is 3.20. The number of carbonyl (C=O) groups excluding carboxylic acids is 1. The lowest BCUT2D eigenvalue weighted by Crippen LogP contribution is -2.29. The number of pyridine rings is 1. The van der Waals surface area contributed by atoms with Crippen molar-refractivity contribution in [1.82, 2.24) is 10.3 Å². The largest absolute Gasteiger partial charge is 0.341 e. The lowest BCUT2D eigenvalue weighted by Gasteiger charge is -2.19. The van der Waals surface area contributed by atoms with Crippen molar-refractivity contribution in [3.63, 3.8) is 0 Å². The van der Waals surface area contributed by atoms with Gasteiger partial charge >= 0.3 is 0 Å². The van der Waals surface area contributed by atoms with E-state index in [1.54, 1.807) is 12.4 Å². The first-order valence-electron chi connectivity index (χ1n) is 7.15. The quantitative estimate of drug-likeness (QED) is 0.797. The number of hydrogen-bond acceptors (Lipinski definition) is 2. The van der Waals surface area contributed by atoms with Gasteiger partial charge in [-0.25, -0.2) is 0 Å². The van der Waals surface area contributed by atoms with Crippen molar-refractivity contribution >= 4 is 5.91 Å². The summed E-state index contributed by atoms with van der Waals surface area (Å²) in [6.07, 6.45) is 3.47. The maximum Gasteiger partial charge on any atom is 0.252 e. The summed E-state index contributed by atoms with van der Waals surface area (Å²) in [4.78, 5) is 16.5. The number of benzene rings is 2. The van der Waals surface area contributed by atoms with E-state index >= 15 is 0 Å². The molecule has 3 aromatic rings. The van der Waals surface area contributed by atoms with Crippen LogP contribution < -0.4 is 5.32 Å². The van der Waals surface area contributed by atoms with Crippen LogP contribution in [0.5, 0.6) is 0 Å². The zero-order valence-electron chi connectivity index (χ0n) is 12.0. The molecule has 0 bridgehead atoms. The molecule has 1 aromatic heterocycles. The van der Waals surface area contributed by atoms with Gasteiger partial charge in [0, 0.05) is 18.0 Å². The Morgan fingerprint density at radius 1 is 0.773 bits per heavy atom. The van der Waals surface area contributed by atoms with Crippen LogP contribution in [0.2, 0.25) is 0 Å². The minimum atomic E-state index is -0.197. The molecule has 1 heterocycles. The summed E-state index contributed by atoms with van der Waals surface area (Å²) >= 11 is 0. The van der Waals surface area contributed by atoms with Crippen molar-refractivity contribution < 1.29 is 4.79 Å². The lowest BCUT2D eigenvalue weighted by atomic mass is 9.99. The summed E-state index contributed by atoms with van der Waals surface area (Å²) in [7, 11) is 0. The Labute approximate surface area is 129 Å². The molecule has 3 heteroatoms. The molecule has 1 amide bonds. The van der Waals surface area contributed by atoms with Crippen molar-refractivity contribution in [2.24, 2.45) is 0 Å². The standard InChI is InChI=1S/C19H16N2O/c22-19(17-9-5-2-6-10-17)21-18(15-7-3-1-4-8-15)16-11-13-20-14-12-16/h1-14,18H,(H,21,22)/t18-/m0/s1. The summed E-state index contributed by atoms with van der Waals surface area (Å²) < 4.78 is 0. The molecule has 3 rings (SSSR count). The van der Waals surface area contributed by atoms with E-state index in [1.165, 1.54) is 0 Å². The van der Waals surface area contributed by atoms with E-state index < -0.39 is 0 Å². The molecule has 3 nitrogen and oxygen atoms in total. The second-order valence-electron chi connectivity index (χ2n) is 4.96. The molecule has 22 heavy (non-hydrogen) atoms. The molecule has 2 aromatic carbocycles. The van der Waals surface area contributed by atoms with Gasteiger partial charge in [0.1, 0.15) is 0 Å². The monoisotopic (exact) mass is 288 g/mol. The molecule has 0 saturated heterocycles. The van der Waals surface area contributed by atoms with Crippen LogP contribution in [0.3, 0.4) is 0 Å². The molecule has 0 aliphatic heterocycles. The summed E-state index contributed by atoms with van der Waals surface area (Å²) in [5.41, 5.74) is 2.70. The lowest BCUT2D eigenvalue weighted by molar-refractivity contribution is 0.0943. The predicted molar refractivity (Wildman–Crippen MR) is 86.4 cm³/mol. The van der Waals surface area contributed by atoms with E-state index in [2.05, 4.69) is 10.3 Å². The Bertz CT molecular complexity index is 688. The highest BCUT2D eigenvalue weighted by atomic mass is 16.1. The molecule has 1 N–H and O–H groups in total. The summed E-state index contributed by atoms with van der Waals surface area (Å²) in [5.74, 6) is -0.0914. The molecular formula is C19H16N2O. The molecule has 0 aliphatic carbocycles. The molecule has 0 fully saturated rings. The number of aromatic nitrogens is 1. The van der Waals surface area contributed by atoms with E-state index in [0.717, 1.165) is 11.1 Å². The van der Waals surface area contributed by atoms with Gasteiger partial charge in [0.2, 0.25) is 0 Å². The fraction of sp³-hybridized carbons (Fsp3) is 0.0526. The summed E-state index contributed by atoms with van der Waals surface area (Å²) in [6.45, 7) is 0. The number of hydrogen-bond donors (Lipinski definition) is 1. The molecule has 1 atom stereocenters. The molecule has 0 radical (unpaired) electrons. The first kappa shape index (κ1) is 14.0. The van der Waals surface area contributed by atoms with Crippen LogP contribution in [0.1, 0.15) is 27.5 Å². The van der Waals surface area contributed by atoms with Gasteiger partial charge in [-0.1, -0.05) is 48.5 Å². The SMILES string of the molecule is O=C(N[C@@H](c1ccccc1)c1ccncc1)c1ccccc1. The highest BCUT2D eigenvalue weighted by Crippen LogP contribution is 2.21. The fourth-order valence-electron chi connectivity index (χ4n) is 2.36. The second kappa shape index (κ2) is 6.68. The van der Waals surface area contributed by atoms with E-state index in [4.69, 9.17) is 0 Å². The normalized spacial score (nSPS) is 11.6. The van der Waals surface area contributed by atoms with Crippen molar-refractivity contribution in [2.75, 3.05) is 0 Å². The Morgan fingerprint density at radius 2 is 1.32 bits per heavy atom. The van der Waals surface area contributed by atoms with Gasteiger partial charge in [0.05, 0.1) is 6.04 Å². The summed E-state index contributed by atoms with van der Waals surface area (Å²) in [6, 6.07) is 22.8. The Balaban J connectivity index is 1.91. The minimum absolute atomic E-state index is 0.0914. The Morgan fingerprint density at radius 3 is 1.95 bits per heavy atom. The molecule has 0 aliphatic rings. The number of nitrogens with zero attached hydrogens (tertiary/aromatic N) is 1. The molecule has 0 unspecified atom stereocenters. The number of amides is 1. The molecule has 0 saturated carbocycles. The van der Waals surface area contributed by atoms with E-state index in [-0.39, 0.29) is 11.9 Å². The van der Waals surface area contributed by atoms with Crippen molar-refractivity contribution in [3.8, 4) is 0 Å². The number of nitrogens with one attached hydrogen (secondary N) is 1. The number of rotatable bonds is 4. The van der Waals surface area contributed by atoms with Gasteiger partial charge in [-0.3, -0.25) is 9.78 Å². The summed E-state index contributed by atoms with van der Waals surface area (Å²) in [5, 5.41) is 3.10. The molecule has 0 spiro atoms. The van der Waals surface area contributed by atoms with Gasteiger partial charge in [-0.05, 0) is 35.4 Å². The first-order valence-corrected chi connectivity index (χ1v) is 7.15. The van der Waals surface area contributed by atoms with Crippen molar-refractivity contribution in [3.05, 3.63) is 102 Å². The van der Waals surface area contributed by atoms with E-state index in [9.17, 15) is 4.79 Å². The van der Waals surface area contributed by atoms with E-state index in [0.29, 0.717) is 5.56 Å². The van der Waals surface area contributed by atoms with Crippen LogP contribution in [-0.4, -0.2) is 10.9 Å². The first-order chi connectivity index (χ1) is 10.8. The van der Waals surface area contributed by atoms with Crippen LogP contribution in [0.4, 0.5) is 0 Å². The van der Waals surface area contributed by atoms with Crippen LogP contribution in [0.25, 0.3) is 0 Å². The van der Waals surface area contributed by atoms with Crippen LogP contribution >= 0.6 is 0 Å². The van der Waals surface area contributed by atoms with Gasteiger partial charge < -0.3 is 5.32 Å². The molecular weight excluding hydrogens is 272 g/mol. The fourth-order valence-corrected chi connectivity index (χ4v) is 2.36. The highest BCUT2D eigenvalue weighted by molar-refractivity contribution is 5.94. The zero-order chi connectivity index (χ0) is 15.2. The van der Waals surface area contributed by atoms with E-state index in [1.807, 2.05) is 72.8 Å². The van der Waals surface area contributed by atoms with Gasteiger partial charge in [-0.15, -0.1) is 0 Å². The second-order valence-corrected chi connectivity index (χ2v) is 4.96. The van der Waals surface area contributed by atoms with Crippen molar-refractivity contribution in [2.45, 2.75) is 6.04 Å². The average Bonchev–Trinajstić information content (AvgIpc) is 2.62. The molecule has 108 valence electrons. The average molecular weight is 288 g/mol. The zero-order valence-corrected chi connectivity index (χ0v) is 12.0. The van der Waals surface area contributed by atoms with Crippen LogP contribution in [-0.2, 0) is 0 Å². The maximum absolute atomic E-state index is 12.5. The predicted octanol–water partition coefficient (Wildman–Crippen LogP) is 3.60. The smallest absolute Gasteiger partial charge is 0.252 e. The third-order valence-corrected chi connectivity index (χ3v) is 3.48. The topological polar surface area (TPSA) is 42.0 Å². The van der Waals surface area contributed by atoms with Gasteiger partial charge in [0.25, 0.3) is 5.91 Å². The third-order valence-electron chi connectivity index (χ3n) is 3.48. The maximum atomic E-state index is 12.5. The minimum Gasteiger partial charge on any atom is -0.341 e.